The summed E-state index contributed by atoms with van der Waals surface area (Å²) in [4.78, 5) is 0. The Morgan fingerprint density at radius 2 is 1.94 bits per heavy atom. The summed E-state index contributed by atoms with van der Waals surface area (Å²) in [5, 5.41) is 0. The minimum atomic E-state index is -4.34. The van der Waals surface area contributed by atoms with Crippen molar-refractivity contribution in [2.24, 2.45) is 0 Å². The lowest BCUT2D eigenvalue weighted by atomic mass is 9.95. The molecule has 2 nitrogen and oxygen atoms in total. The molecule has 0 bridgehead atoms. The Hall–Kier alpha value is -1.72. The van der Waals surface area contributed by atoms with Gasteiger partial charge in [-0.25, -0.2) is 0 Å². The molecule has 0 fully saturated rings. The van der Waals surface area contributed by atoms with E-state index in [-0.39, 0.29) is 6.08 Å². The van der Waals surface area contributed by atoms with Gasteiger partial charge >= 0.3 is 11.8 Å². The zero-order valence-electron chi connectivity index (χ0n) is 7.72. The van der Waals surface area contributed by atoms with Crippen LogP contribution in [0, 0.1) is 6.26 Å². The van der Waals surface area contributed by atoms with Gasteiger partial charge in [-0.3, -0.25) is 0 Å². The number of hydrogen-bond acceptors (Lipinski definition) is 2. The predicted octanol–water partition coefficient (Wildman–Crippen LogP) is 2.92. The molecule has 0 atom stereocenters. The largest absolute Gasteiger partial charge is 0.465 e. The van der Waals surface area contributed by atoms with Gasteiger partial charge < -0.3 is 9.47 Å². The Morgan fingerprint density at radius 1 is 1.19 bits per heavy atom. The van der Waals surface area contributed by atoms with Crippen LogP contribution >= 0.6 is 0 Å². The summed E-state index contributed by atoms with van der Waals surface area (Å²) in [6.45, 7) is 0. The van der Waals surface area contributed by atoms with Crippen LogP contribution in [0.3, 0.4) is 0 Å². The lowest BCUT2D eigenvalue weighted by Crippen LogP contribution is -2.42. The summed E-state index contributed by atoms with van der Waals surface area (Å²) >= 11 is 0. The highest BCUT2D eigenvalue weighted by molar-refractivity contribution is 5.42. The van der Waals surface area contributed by atoms with Gasteiger partial charge in [-0.2, -0.15) is 17.6 Å². The van der Waals surface area contributed by atoms with Gasteiger partial charge in [0.05, 0.1) is 5.57 Å². The molecule has 0 aromatic heterocycles. The van der Waals surface area contributed by atoms with Crippen LogP contribution in [0.4, 0.5) is 17.6 Å². The minimum Gasteiger partial charge on any atom is -0.465 e. The maximum atomic E-state index is 13.3. The van der Waals surface area contributed by atoms with Gasteiger partial charge in [-0.05, 0) is 12.2 Å². The van der Waals surface area contributed by atoms with Crippen molar-refractivity contribution in [2.45, 2.75) is 11.8 Å². The monoisotopic (exact) mass is 233 g/mol. The topological polar surface area (TPSA) is 18.5 Å². The molecule has 0 aromatic rings. The summed E-state index contributed by atoms with van der Waals surface area (Å²) < 4.78 is 61.7. The highest BCUT2D eigenvalue weighted by atomic mass is 19.3. The van der Waals surface area contributed by atoms with E-state index in [1.165, 1.54) is 0 Å². The van der Waals surface area contributed by atoms with E-state index in [1.54, 1.807) is 0 Å². The number of hydrogen-bond donors (Lipinski definition) is 0. The van der Waals surface area contributed by atoms with Crippen LogP contribution in [-0.4, -0.2) is 11.8 Å². The van der Waals surface area contributed by atoms with Crippen LogP contribution in [-0.2, 0) is 9.47 Å². The van der Waals surface area contributed by atoms with Crippen molar-refractivity contribution in [2.75, 3.05) is 0 Å². The van der Waals surface area contributed by atoms with Crippen LogP contribution < -0.4 is 0 Å². The summed E-state index contributed by atoms with van der Waals surface area (Å²) in [5.74, 6) is -9.07. The van der Waals surface area contributed by atoms with Crippen molar-refractivity contribution in [3.63, 3.8) is 0 Å². The molecular formula is C10H5F4O2. The highest BCUT2D eigenvalue weighted by Crippen LogP contribution is 2.46. The van der Waals surface area contributed by atoms with Crippen molar-refractivity contribution in [1.29, 1.82) is 0 Å². The minimum absolute atomic E-state index is 0.139. The first-order valence-corrected chi connectivity index (χ1v) is 4.21. The summed E-state index contributed by atoms with van der Waals surface area (Å²) in [5.41, 5.74) is -0.944. The zero-order valence-corrected chi connectivity index (χ0v) is 7.72. The van der Waals surface area contributed by atoms with E-state index in [4.69, 9.17) is 0 Å². The van der Waals surface area contributed by atoms with Crippen molar-refractivity contribution in [1.82, 2.24) is 0 Å². The van der Waals surface area contributed by atoms with E-state index < -0.39 is 23.2 Å². The van der Waals surface area contributed by atoms with E-state index in [0.29, 0.717) is 0 Å². The number of rotatable bonds is 1. The fraction of sp³-hybridized carbons (Fsp3) is 0.200. The second-order valence-corrected chi connectivity index (χ2v) is 3.09. The Balaban J connectivity index is 2.38. The van der Waals surface area contributed by atoms with E-state index in [9.17, 15) is 17.6 Å². The van der Waals surface area contributed by atoms with E-state index >= 15 is 0 Å². The number of allylic oxidation sites excluding steroid dienone is 4. The Labute approximate surface area is 88.1 Å². The van der Waals surface area contributed by atoms with Crippen LogP contribution in [0.2, 0.25) is 0 Å². The molecule has 1 radical (unpaired) electrons. The molecule has 6 heteroatoms. The molecule has 1 aliphatic carbocycles. The Morgan fingerprint density at radius 3 is 2.56 bits per heavy atom. The Kier molecular flexibility index (Phi) is 2.29. The van der Waals surface area contributed by atoms with Gasteiger partial charge in [-0.15, -0.1) is 0 Å². The third-order valence-corrected chi connectivity index (χ3v) is 2.05. The first kappa shape index (κ1) is 10.8. The second-order valence-electron chi connectivity index (χ2n) is 3.09. The second kappa shape index (κ2) is 3.40. The van der Waals surface area contributed by atoms with Crippen molar-refractivity contribution < 1.29 is 27.0 Å². The average Bonchev–Trinajstić information content (AvgIpc) is 2.23. The first-order valence-electron chi connectivity index (χ1n) is 4.21. The molecular weight excluding hydrogens is 228 g/mol. The molecule has 2 aliphatic rings. The normalized spacial score (nSPS) is 25.2. The van der Waals surface area contributed by atoms with E-state index in [0.717, 1.165) is 24.7 Å². The fourth-order valence-electron chi connectivity index (χ4n) is 1.24. The molecule has 0 amide bonds. The molecule has 16 heavy (non-hydrogen) atoms. The zero-order chi connectivity index (χ0) is 11.8. The van der Waals surface area contributed by atoms with Gasteiger partial charge in [0.15, 0.2) is 5.76 Å². The summed E-state index contributed by atoms with van der Waals surface area (Å²) in [6, 6.07) is 0. The third kappa shape index (κ3) is 1.50. The number of ether oxygens (including phenoxy) is 2. The van der Waals surface area contributed by atoms with Crippen LogP contribution in [0.25, 0.3) is 0 Å². The van der Waals surface area contributed by atoms with Crippen molar-refractivity contribution in [3.05, 3.63) is 48.3 Å². The maximum absolute atomic E-state index is 13.3. The molecule has 0 spiro atoms. The highest BCUT2D eigenvalue weighted by Gasteiger charge is 2.59. The molecule has 0 aromatic carbocycles. The molecule has 2 rings (SSSR count). The summed E-state index contributed by atoms with van der Waals surface area (Å²) in [7, 11) is 0. The average molecular weight is 233 g/mol. The number of halogens is 4. The van der Waals surface area contributed by atoms with Crippen LogP contribution in [0.5, 0.6) is 0 Å². The predicted molar refractivity (Wildman–Crippen MR) is 45.2 cm³/mol. The Bertz CT molecular complexity index is 419. The van der Waals surface area contributed by atoms with Gasteiger partial charge in [0, 0.05) is 0 Å². The lowest BCUT2D eigenvalue weighted by molar-refractivity contribution is -0.156. The maximum Gasteiger partial charge on any atom is 0.342 e. The summed E-state index contributed by atoms with van der Waals surface area (Å²) in [6.07, 6.45) is 5.65. The van der Waals surface area contributed by atoms with Crippen molar-refractivity contribution >= 4 is 0 Å². The molecule has 1 aliphatic heterocycles. The quantitative estimate of drug-likeness (QED) is 0.648. The van der Waals surface area contributed by atoms with E-state index in [1.807, 2.05) is 6.26 Å². The van der Waals surface area contributed by atoms with E-state index in [2.05, 4.69) is 9.47 Å². The molecule has 0 saturated carbocycles. The first-order chi connectivity index (χ1) is 7.45. The molecule has 85 valence electrons. The standard InChI is InChI=1S/C10H5F4O2/c11-9(12)3-1-2-7(10(9,13)14)8-6-15-4-5-16-8/h1-4,6H. The van der Waals surface area contributed by atoms with Gasteiger partial charge in [-0.1, -0.05) is 6.08 Å². The third-order valence-electron chi connectivity index (χ3n) is 2.05. The smallest absolute Gasteiger partial charge is 0.342 e. The van der Waals surface area contributed by atoms with Gasteiger partial charge in [0.25, 0.3) is 0 Å². The van der Waals surface area contributed by atoms with Gasteiger partial charge in [0.1, 0.15) is 12.5 Å². The molecule has 0 unspecified atom stereocenters. The van der Waals surface area contributed by atoms with Crippen LogP contribution in [0.15, 0.2) is 42.1 Å². The number of alkyl halides is 4. The molecule has 0 saturated heterocycles. The van der Waals surface area contributed by atoms with Crippen LogP contribution in [0.1, 0.15) is 0 Å². The SMILES string of the molecule is FC1(F)C=CC=C(C2=COC=[C]O2)C1(F)F. The van der Waals surface area contributed by atoms with Gasteiger partial charge in [0.2, 0.25) is 6.26 Å². The molecule has 0 N–H and O–H groups in total. The fourth-order valence-corrected chi connectivity index (χ4v) is 1.24. The molecule has 1 heterocycles. The van der Waals surface area contributed by atoms with Crippen molar-refractivity contribution in [3.8, 4) is 0 Å². The lowest BCUT2D eigenvalue weighted by Gasteiger charge is -2.29.